The number of nitrogens with one attached hydrogen (secondary N) is 1. The smallest absolute Gasteiger partial charge is 0.0471 e. The standard InChI is InChI=1S/C16H26ClN3/c1-4-20-9-5-6-15(20)12-19(3)14-8-7-13(11-18-2)16(17)10-14/h7-8,10,15,18H,4-6,9,11-12H2,1-3H3. The number of rotatable bonds is 6. The van der Waals surface area contributed by atoms with Gasteiger partial charge in [0.15, 0.2) is 0 Å². The summed E-state index contributed by atoms with van der Waals surface area (Å²) in [6.45, 7) is 6.55. The first-order chi connectivity index (χ1) is 9.65. The van der Waals surface area contributed by atoms with Crippen molar-refractivity contribution in [1.29, 1.82) is 0 Å². The van der Waals surface area contributed by atoms with Crippen molar-refractivity contribution < 1.29 is 0 Å². The molecule has 20 heavy (non-hydrogen) atoms. The largest absolute Gasteiger partial charge is 0.373 e. The molecule has 0 aromatic heterocycles. The number of nitrogens with zero attached hydrogens (tertiary/aromatic N) is 2. The monoisotopic (exact) mass is 295 g/mol. The lowest BCUT2D eigenvalue weighted by molar-refractivity contribution is 0.270. The van der Waals surface area contributed by atoms with E-state index in [2.05, 4.69) is 47.3 Å². The van der Waals surface area contributed by atoms with Crippen molar-refractivity contribution in [2.75, 3.05) is 38.6 Å². The van der Waals surface area contributed by atoms with Crippen molar-refractivity contribution in [2.45, 2.75) is 32.4 Å². The number of benzene rings is 1. The molecule has 1 N–H and O–H groups in total. The molecule has 2 rings (SSSR count). The second-order valence-electron chi connectivity index (χ2n) is 5.61. The fourth-order valence-corrected chi connectivity index (χ4v) is 3.29. The van der Waals surface area contributed by atoms with Crippen LogP contribution in [0.25, 0.3) is 0 Å². The Kier molecular flexibility index (Phi) is 5.70. The molecule has 1 atom stereocenters. The highest BCUT2D eigenvalue weighted by Gasteiger charge is 2.24. The molecule has 0 aliphatic carbocycles. The molecule has 1 aliphatic heterocycles. The summed E-state index contributed by atoms with van der Waals surface area (Å²) in [7, 11) is 4.10. The number of halogens is 1. The first-order valence-corrected chi connectivity index (χ1v) is 7.91. The highest BCUT2D eigenvalue weighted by molar-refractivity contribution is 6.31. The van der Waals surface area contributed by atoms with Gasteiger partial charge in [0, 0.05) is 36.9 Å². The highest BCUT2D eigenvalue weighted by Crippen LogP contribution is 2.25. The maximum absolute atomic E-state index is 6.35. The zero-order chi connectivity index (χ0) is 14.5. The molecule has 1 aromatic rings. The van der Waals surface area contributed by atoms with Crippen LogP contribution >= 0.6 is 11.6 Å². The van der Waals surface area contributed by atoms with Gasteiger partial charge < -0.3 is 10.2 Å². The summed E-state index contributed by atoms with van der Waals surface area (Å²) in [5.41, 5.74) is 2.36. The van der Waals surface area contributed by atoms with Crippen molar-refractivity contribution in [1.82, 2.24) is 10.2 Å². The molecule has 3 nitrogen and oxygen atoms in total. The van der Waals surface area contributed by atoms with Gasteiger partial charge in [0.05, 0.1) is 0 Å². The van der Waals surface area contributed by atoms with Gasteiger partial charge >= 0.3 is 0 Å². The van der Waals surface area contributed by atoms with E-state index < -0.39 is 0 Å². The van der Waals surface area contributed by atoms with E-state index in [0.29, 0.717) is 6.04 Å². The first kappa shape index (κ1) is 15.6. The van der Waals surface area contributed by atoms with Crippen molar-refractivity contribution in [2.24, 2.45) is 0 Å². The van der Waals surface area contributed by atoms with Gasteiger partial charge in [0.25, 0.3) is 0 Å². The average Bonchev–Trinajstić information content (AvgIpc) is 2.88. The van der Waals surface area contributed by atoms with E-state index in [-0.39, 0.29) is 0 Å². The van der Waals surface area contributed by atoms with Gasteiger partial charge in [-0.15, -0.1) is 0 Å². The normalized spacial score (nSPS) is 19.5. The van der Waals surface area contributed by atoms with Crippen LogP contribution in [0.15, 0.2) is 18.2 Å². The van der Waals surface area contributed by atoms with Crippen molar-refractivity contribution in [3.05, 3.63) is 28.8 Å². The molecular weight excluding hydrogens is 270 g/mol. The Labute approximate surface area is 127 Å². The highest BCUT2D eigenvalue weighted by atomic mass is 35.5. The van der Waals surface area contributed by atoms with Crippen LogP contribution in [-0.2, 0) is 6.54 Å². The first-order valence-electron chi connectivity index (χ1n) is 7.54. The molecule has 4 heteroatoms. The third-order valence-electron chi connectivity index (χ3n) is 4.23. The molecule has 0 amide bonds. The minimum Gasteiger partial charge on any atom is -0.373 e. The van der Waals surface area contributed by atoms with E-state index in [1.54, 1.807) is 0 Å². The Morgan fingerprint density at radius 2 is 2.25 bits per heavy atom. The van der Waals surface area contributed by atoms with Crippen LogP contribution in [0.3, 0.4) is 0 Å². The summed E-state index contributed by atoms with van der Waals surface area (Å²) in [6, 6.07) is 7.06. The van der Waals surface area contributed by atoms with E-state index >= 15 is 0 Å². The lowest BCUT2D eigenvalue weighted by Crippen LogP contribution is -2.38. The molecule has 112 valence electrons. The molecule has 1 saturated heterocycles. The van der Waals surface area contributed by atoms with E-state index in [4.69, 9.17) is 11.6 Å². The minimum absolute atomic E-state index is 0.681. The minimum atomic E-state index is 0.681. The van der Waals surface area contributed by atoms with Crippen LogP contribution in [0.5, 0.6) is 0 Å². The van der Waals surface area contributed by atoms with Crippen LogP contribution < -0.4 is 10.2 Å². The van der Waals surface area contributed by atoms with Gasteiger partial charge in [0.1, 0.15) is 0 Å². The summed E-state index contributed by atoms with van der Waals surface area (Å²) in [6.07, 6.45) is 2.64. The molecule has 1 unspecified atom stereocenters. The third kappa shape index (κ3) is 3.66. The number of anilines is 1. The Bertz CT molecular complexity index is 436. The second kappa shape index (κ2) is 7.30. The lowest BCUT2D eigenvalue weighted by Gasteiger charge is -2.29. The van der Waals surface area contributed by atoms with Gasteiger partial charge in [-0.2, -0.15) is 0 Å². The second-order valence-corrected chi connectivity index (χ2v) is 6.02. The van der Waals surface area contributed by atoms with Gasteiger partial charge in [-0.1, -0.05) is 24.6 Å². The fraction of sp³-hybridized carbons (Fsp3) is 0.625. The maximum Gasteiger partial charge on any atom is 0.0471 e. The topological polar surface area (TPSA) is 18.5 Å². The average molecular weight is 296 g/mol. The molecule has 1 heterocycles. The molecule has 1 fully saturated rings. The van der Waals surface area contributed by atoms with Gasteiger partial charge in [-0.05, 0) is 50.7 Å². The van der Waals surface area contributed by atoms with Crippen LogP contribution in [0.1, 0.15) is 25.3 Å². The van der Waals surface area contributed by atoms with Crippen LogP contribution in [0.4, 0.5) is 5.69 Å². The van der Waals surface area contributed by atoms with Crippen LogP contribution in [0, 0.1) is 0 Å². The molecular formula is C16H26ClN3. The lowest BCUT2D eigenvalue weighted by atomic mass is 10.1. The number of likely N-dealkylation sites (tertiary alicyclic amines) is 1. The van der Waals surface area contributed by atoms with Crippen molar-refractivity contribution >= 4 is 17.3 Å². The molecule has 0 spiro atoms. The van der Waals surface area contributed by atoms with Crippen molar-refractivity contribution in [3.63, 3.8) is 0 Å². The van der Waals surface area contributed by atoms with E-state index in [1.807, 2.05) is 7.05 Å². The SMILES string of the molecule is CCN1CCCC1CN(C)c1ccc(CNC)c(Cl)c1. The van der Waals surface area contributed by atoms with Gasteiger partial charge in [0.2, 0.25) is 0 Å². The maximum atomic E-state index is 6.35. The van der Waals surface area contributed by atoms with Crippen LogP contribution in [0.2, 0.25) is 5.02 Å². The van der Waals surface area contributed by atoms with E-state index in [9.17, 15) is 0 Å². The van der Waals surface area contributed by atoms with Crippen molar-refractivity contribution in [3.8, 4) is 0 Å². The molecule has 1 aliphatic rings. The van der Waals surface area contributed by atoms with Gasteiger partial charge in [-0.3, -0.25) is 4.90 Å². The molecule has 0 bridgehead atoms. The fourth-order valence-electron chi connectivity index (χ4n) is 3.05. The Hall–Kier alpha value is -0.770. The Morgan fingerprint density at radius 1 is 1.45 bits per heavy atom. The predicted octanol–water partition coefficient (Wildman–Crippen LogP) is 2.98. The number of hydrogen-bond donors (Lipinski definition) is 1. The summed E-state index contributed by atoms with van der Waals surface area (Å²) < 4.78 is 0. The zero-order valence-electron chi connectivity index (χ0n) is 12.8. The zero-order valence-corrected chi connectivity index (χ0v) is 13.6. The van der Waals surface area contributed by atoms with Gasteiger partial charge in [-0.25, -0.2) is 0 Å². The Balaban J connectivity index is 2.01. The summed E-state index contributed by atoms with van der Waals surface area (Å²) in [5.74, 6) is 0. The van der Waals surface area contributed by atoms with E-state index in [1.165, 1.54) is 25.1 Å². The summed E-state index contributed by atoms with van der Waals surface area (Å²) in [4.78, 5) is 4.90. The Morgan fingerprint density at radius 3 is 2.90 bits per heavy atom. The van der Waals surface area contributed by atoms with E-state index in [0.717, 1.165) is 30.2 Å². The summed E-state index contributed by atoms with van der Waals surface area (Å²) in [5, 5.41) is 3.99. The number of hydrogen-bond acceptors (Lipinski definition) is 3. The quantitative estimate of drug-likeness (QED) is 0.870. The molecule has 1 aromatic carbocycles. The third-order valence-corrected chi connectivity index (χ3v) is 4.59. The number of likely N-dealkylation sites (N-methyl/N-ethyl adjacent to an activating group) is 2. The molecule has 0 saturated carbocycles. The molecule has 0 radical (unpaired) electrons. The van der Waals surface area contributed by atoms with Crippen LogP contribution in [-0.4, -0.2) is 44.7 Å². The predicted molar refractivity (Wildman–Crippen MR) is 87.8 cm³/mol. The summed E-state index contributed by atoms with van der Waals surface area (Å²) >= 11 is 6.35.